The van der Waals surface area contributed by atoms with Gasteiger partial charge in [-0.05, 0) is 42.5 Å². The molecule has 0 bridgehead atoms. The first-order chi connectivity index (χ1) is 11.2. The van der Waals surface area contributed by atoms with Crippen LogP contribution in [0, 0.1) is 0 Å². The number of hydrogen-bond acceptors (Lipinski definition) is 3. The van der Waals surface area contributed by atoms with Gasteiger partial charge in [0, 0.05) is 11.3 Å². The number of halogens is 4. The maximum Gasteiger partial charge on any atom is 0.417 e. The summed E-state index contributed by atoms with van der Waals surface area (Å²) in [5.74, 6) is -1.18. The summed E-state index contributed by atoms with van der Waals surface area (Å²) in [5.41, 5.74) is -0.664. The van der Waals surface area contributed by atoms with E-state index >= 15 is 0 Å². The second kappa shape index (κ2) is 6.92. The molecule has 126 valence electrons. The number of amides is 1. The van der Waals surface area contributed by atoms with Crippen molar-refractivity contribution in [3.63, 3.8) is 0 Å². The largest absolute Gasteiger partial charge is 0.465 e. The summed E-state index contributed by atoms with van der Waals surface area (Å²) in [6, 6.07) is 8.56. The molecule has 0 aliphatic carbocycles. The van der Waals surface area contributed by atoms with E-state index in [1.165, 1.54) is 37.4 Å². The van der Waals surface area contributed by atoms with Crippen molar-refractivity contribution < 1.29 is 27.5 Å². The minimum atomic E-state index is -4.63. The van der Waals surface area contributed by atoms with E-state index in [0.717, 1.165) is 12.1 Å². The minimum absolute atomic E-state index is 0.0474. The fourth-order valence-electron chi connectivity index (χ4n) is 1.90. The van der Waals surface area contributed by atoms with Crippen molar-refractivity contribution in [2.45, 2.75) is 6.18 Å². The third-order valence-corrected chi connectivity index (χ3v) is 3.43. The molecule has 0 radical (unpaired) electrons. The van der Waals surface area contributed by atoms with Gasteiger partial charge < -0.3 is 10.1 Å². The van der Waals surface area contributed by atoms with Crippen LogP contribution in [-0.2, 0) is 10.9 Å². The zero-order chi connectivity index (χ0) is 17.9. The molecule has 0 aliphatic rings. The number of rotatable bonds is 3. The first kappa shape index (κ1) is 17.8. The average molecular weight is 358 g/mol. The van der Waals surface area contributed by atoms with Gasteiger partial charge in [-0.2, -0.15) is 13.2 Å². The van der Waals surface area contributed by atoms with Crippen LogP contribution >= 0.6 is 11.6 Å². The lowest BCUT2D eigenvalue weighted by Crippen LogP contribution is -2.14. The number of methoxy groups -OCH3 is 1. The second-order valence-corrected chi connectivity index (χ2v) is 5.12. The fourth-order valence-corrected chi connectivity index (χ4v) is 2.12. The molecule has 0 atom stereocenters. The molecule has 0 saturated heterocycles. The van der Waals surface area contributed by atoms with E-state index in [0.29, 0.717) is 0 Å². The first-order valence-electron chi connectivity index (χ1n) is 6.59. The molecule has 8 heteroatoms. The highest BCUT2D eigenvalue weighted by molar-refractivity contribution is 6.31. The summed E-state index contributed by atoms with van der Waals surface area (Å²) < 4.78 is 42.9. The maximum absolute atomic E-state index is 12.8. The number of alkyl halides is 3. The standard InChI is InChI=1S/C16H11ClF3NO3/c1-24-15(23)10-4-2-9(3-5-10)14(22)21-11-6-7-13(17)12(8-11)16(18,19)20/h2-8H,1H3,(H,21,22). The molecule has 0 spiro atoms. The number of carbonyl (C=O) groups excluding carboxylic acids is 2. The molecule has 2 rings (SSSR count). The third-order valence-electron chi connectivity index (χ3n) is 3.10. The Morgan fingerprint density at radius 2 is 1.62 bits per heavy atom. The Morgan fingerprint density at radius 1 is 1.04 bits per heavy atom. The second-order valence-electron chi connectivity index (χ2n) is 4.72. The summed E-state index contributed by atoms with van der Waals surface area (Å²) >= 11 is 5.52. The summed E-state index contributed by atoms with van der Waals surface area (Å²) in [7, 11) is 1.22. The van der Waals surface area contributed by atoms with Crippen molar-refractivity contribution in [1.82, 2.24) is 0 Å². The number of benzene rings is 2. The van der Waals surface area contributed by atoms with Crippen LogP contribution in [0.15, 0.2) is 42.5 Å². The number of anilines is 1. The van der Waals surface area contributed by atoms with Crippen LogP contribution in [0.3, 0.4) is 0 Å². The van der Waals surface area contributed by atoms with Crippen molar-refractivity contribution in [2.24, 2.45) is 0 Å². The molecule has 2 aromatic carbocycles. The SMILES string of the molecule is COC(=O)c1ccc(C(=O)Nc2ccc(Cl)c(C(F)(F)F)c2)cc1. The highest BCUT2D eigenvalue weighted by atomic mass is 35.5. The first-order valence-corrected chi connectivity index (χ1v) is 6.96. The van der Waals surface area contributed by atoms with E-state index in [1.807, 2.05) is 0 Å². The third kappa shape index (κ3) is 4.05. The lowest BCUT2D eigenvalue weighted by molar-refractivity contribution is -0.137. The van der Waals surface area contributed by atoms with E-state index in [2.05, 4.69) is 10.1 Å². The van der Waals surface area contributed by atoms with Gasteiger partial charge in [0.05, 0.1) is 23.3 Å². The van der Waals surface area contributed by atoms with Gasteiger partial charge in [-0.25, -0.2) is 4.79 Å². The summed E-state index contributed by atoms with van der Waals surface area (Å²) in [6.45, 7) is 0. The van der Waals surface area contributed by atoms with Gasteiger partial charge in [-0.1, -0.05) is 11.6 Å². The van der Waals surface area contributed by atoms with Crippen molar-refractivity contribution in [2.75, 3.05) is 12.4 Å². The molecule has 24 heavy (non-hydrogen) atoms. The number of hydrogen-bond donors (Lipinski definition) is 1. The van der Waals surface area contributed by atoms with Gasteiger partial charge in [0.1, 0.15) is 0 Å². The summed E-state index contributed by atoms with van der Waals surface area (Å²) in [6.07, 6.45) is -4.63. The Morgan fingerprint density at radius 3 is 2.17 bits per heavy atom. The molecule has 0 heterocycles. The summed E-state index contributed by atoms with van der Waals surface area (Å²) in [5, 5.41) is 1.89. The minimum Gasteiger partial charge on any atom is -0.465 e. The number of esters is 1. The molecule has 4 nitrogen and oxygen atoms in total. The Balaban J connectivity index is 2.19. The molecule has 0 unspecified atom stereocenters. The van der Waals surface area contributed by atoms with Crippen molar-refractivity contribution in [1.29, 1.82) is 0 Å². The normalized spacial score (nSPS) is 11.0. The quantitative estimate of drug-likeness (QED) is 0.828. The Bertz CT molecular complexity index is 773. The highest BCUT2D eigenvalue weighted by Gasteiger charge is 2.33. The van der Waals surface area contributed by atoms with Gasteiger partial charge in [-0.3, -0.25) is 4.79 Å². The van der Waals surface area contributed by atoms with Gasteiger partial charge in [-0.15, -0.1) is 0 Å². The van der Waals surface area contributed by atoms with Crippen LogP contribution in [-0.4, -0.2) is 19.0 Å². The molecular weight excluding hydrogens is 347 g/mol. The molecule has 1 amide bonds. The van der Waals surface area contributed by atoms with E-state index in [1.54, 1.807) is 0 Å². The van der Waals surface area contributed by atoms with Crippen LogP contribution in [0.4, 0.5) is 18.9 Å². The average Bonchev–Trinajstić information content (AvgIpc) is 2.55. The lowest BCUT2D eigenvalue weighted by Gasteiger charge is -2.12. The van der Waals surface area contributed by atoms with Crippen LogP contribution in [0.25, 0.3) is 0 Å². The van der Waals surface area contributed by atoms with E-state index in [9.17, 15) is 22.8 Å². The molecule has 0 saturated carbocycles. The monoisotopic (exact) mass is 357 g/mol. The maximum atomic E-state index is 12.8. The lowest BCUT2D eigenvalue weighted by atomic mass is 10.1. The fraction of sp³-hybridized carbons (Fsp3) is 0.125. The van der Waals surface area contributed by atoms with Gasteiger partial charge in [0.2, 0.25) is 0 Å². The Kier molecular flexibility index (Phi) is 5.14. The van der Waals surface area contributed by atoms with Crippen molar-refractivity contribution in [3.8, 4) is 0 Å². The predicted molar refractivity (Wildman–Crippen MR) is 82.2 cm³/mol. The molecule has 2 aromatic rings. The number of ether oxygens (including phenoxy) is 1. The van der Waals surface area contributed by atoms with E-state index < -0.39 is 28.6 Å². The zero-order valence-electron chi connectivity index (χ0n) is 12.3. The summed E-state index contributed by atoms with van der Waals surface area (Å²) in [4.78, 5) is 23.4. The van der Waals surface area contributed by atoms with Crippen LogP contribution < -0.4 is 5.32 Å². The molecule has 0 aliphatic heterocycles. The Hall–Kier alpha value is -2.54. The molecule has 0 fully saturated rings. The van der Waals surface area contributed by atoms with Crippen molar-refractivity contribution in [3.05, 3.63) is 64.2 Å². The van der Waals surface area contributed by atoms with Gasteiger partial charge in [0.15, 0.2) is 0 Å². The van der Waals surface area contributed by atoms with Crippen LogP contribution in [0.1, 0.15) is 26.3 Å². The Labute approximate surface area is 140 Å². The van der Waals surface area contributed by atoms with Gasteiger partial charge in [0.25, 0.3) is 5.91 Å². The molecule has 0 aromatic heterocycles. The van der Waals surface area contributed by atoms with E-state index in [-0.39, 0.29) is 16.8 Å². The van der Waals surface area contributed by atoms with E-state index in [4.69, 9.17) is 11.6 Å². The molecular formula is C16H11ClF3NO3. The van der Waals surface area contributed by atoms with Crippen LogP contribution in [0.5, 0.6) is 0 Å². The highest BCUT2D eigenvalue weighted by Crippen LogP contribution is 2.36. The smallest absolute Gasteiger partial charge is 0.417 e. The predicted octanol–water partition coefficient (Wildman–Crippen LogP) is 4.40. The van der Waals surface area contributed by atoms with Crippen LogP contribution in [0.2, 0.25) is 5.02 Å². The zero-order valence-corrected chi connectivity index (χ0v) is 13.0. The van der Waals surface area contributed by atoms with Crippen molar-refractivity contribution >= 4 is 29.2 Å². The number of carbonyl (C=O) groups is 2. The molecule has 1 N–H and O–H groups in total. The topological polar surface area (TPSA) is 55.4 Å². The number of nitrogens with one attached hydrogen (secondary N) is 1. The van der Waals surface area contributed by atoms with Gasteiger partial charge >= 0.3 is 12.1 Å².